The van der Waals surface area contributed by atoms with Crippen molar-refractivity contribution in [2.24, 2.45) is 0 Å². The lowest BCUT2D eigenvalue weighted by Crippen LogP contribution is -2.28. The summed E-state index contributed by atoms with van der Waals surface area (Å²) in [4.78, 5) is 18.7. The Balaban J connectivity index is 2.18. The van der Waals surface area contributed by atoms with Crippen molar-refractivity contribution in [3.63, 3.8) is 0 Å². The number of fused-ring (bicyclic) bond motifs is 1. The predicted molar refractivity (Wildman–Crippen MR) is 76.0 cm³/mol. The average Bonchev–Trinajstić information content (AvgIpc) is 2.96. The largest absolute Gasteiger partial charge is 0.398 e. The standard InChI is InChI=1S/C15H17N3O/c1-10-4-5-12(16)11-6-7-17-14(13(10)11)15(19)18-8-2-3-9-18/h4-7H,2-3,8-9,16H2,1H3. The van der Waals surface area contributed by atoms with Crippen molar-refractivity contribution in [2.75, 3.05) is 18.8 Å². The summed E-state index contributed by atoms with van der Waals surface area (Å²) in [5.74, 6) is 0.0248. The first-order valence-corrected chi connectivity index (χ1v) is 6.61. The Morgan fingerprint density at radius 2 is 2.00 bits per heavy atom. The molecule has 0 aliphatic carbocycles. The SMILES string of the molecule is Cc1ccc(N)c2ccnc(C(=O)N3CCCC3)c12. The molecule has 1 aromatic heterocycles. The van der Waals surface area contributed by atoms with E-state index in [-0.39, 0.29) is 5.91 Å². The van der Waals surface area contributed by atoms with Crippen LogP contribution in [0.25, 0.3) is 10.8 Å². The molecule has 0 unspecified atom stereocenters. The second-order valence-electron chi connectivity index (χ2n) is 5.05. The van der Waals surface area contributed by atoms with Gasteiger partial charge in [-0.15, -0.1) is 0 Å². The minimum atomic E-state index is 0.0248. The molecule has 0 saturated carbocycles. The molecule has 1 aromatic carbocycles. The molecule has 98 valence electrons. The zero-order chi connectivity index (χ0) is 13.4. The van der Waals surface area contributed by atoms with Crippen molar-refractivity contribution in [1.29, 1.82) is 0 Å². The smallest absolute Gasteiger partial charge is 0.273 e. The summed E-state index contributed by atoms with van der Waals surface area (Å²) >= 11 is 0. The molecule has 2 heterocycles. The molecule has 0 bridgehead atoms. The van der Waals surface area contributed by atoms with Gasteiger partial charge in [-0.25, -0.2) is 0 Å². The molecule has 4 heteroatoms. The summed E-state index contributed by atoms with van der Waals surface area (Å²) in [5, 5.41) is 1.80. The van der Waals surface area contributed by atoms with E-state index in [4.69, 9.17) is 5.73 Å². The first-order chi connectivity index (χ1) is 9.18. The number of benzene rings is 1. The van der Waals surface area contributed by atoms with E-state index in [1.807, 2.05) is 30.0 Å². The number of likely N-dealkylation sites (tertiary alicyclic amines) is 1. The number of pyridine rings is 1. The fraction of sp³-hybridized carbons (Fsp3) is 0.333. The predicted octanol–water partition coefficient (Wildman–Crippen LogP) is 2.36. The van der Waals surface area contributed by atoms with Crippen molar-refractivity contribution in [1.82, 2.24) is 9.88 Å². The van der Waals surface area contributed by atoms with Crippen LogP contribution in [0.5, 0.6) is 0 Å². The Morgan fingerprint density at radius 3 is 2.74 bits per heavy atom. The first kappa shape index (κ1) is 12.0. The molecule has 1 amide bonds. The fourth-order valence-corrected chi connectivity index (χ4v) is 2.72. The van der Waals surface area contributed by atoms with Crippen molar-refractivity contribution in [3.8, 4) is 0 Å². The summed E-state index contributed by atoms with van der Waals surface area (Å²) in [5.41, 5.74) is 8.26. The Labute approximate surface area is 112 Å². The van der Waals surface area contributed by atoms with Gasteiger partial charge >= 0.3 is 0 Å². The summed E-state index contributed by atoms with van der Waals surface area (Å²) in [6, 6.07) is 5.69. The van der Waals surface area contributed by atoms with Crippen LogP contribution in [0.2, 0.25) is 0 Å². The summed E-state index contributed by atoms with van der Waals surface area (Å²) < 4.78 is 0. The van der Waals surface area contributed by atoms with Crippen LogP contribution in [0.15, 0.2) is 24.4 Å². The number of amides is 1. The van der Waals surface area contributed by atoms with E-state index >= 15 is 0 Å². The average molecular weight is 255 g/mol. The third-order valence-corrected chi connectivity index (χ3v) is 3.77. The molecule has 0 atom stereocenters. The highest BCUT2D eigenvalue weighted by Gasteiger charge is 2.23. The molecule has 0 spiro atoms. The van der Waals surface area contributed by atoms with Crippen LogP contribution in [-0.4, -0.2) is 28.9 Å². The Bertz CT molecular complexity index is 645. The number of hydrogen-bond acceptors (Lipinski definition) is 3. The minimum absolute atomic E-state index is 0.0248. The minimum Gasteiger partial charge on any atom is -0.398 e. The number of aryl methyl sites for hydroxylation is 1. The van der Waals surface area contributed by atoms with Gasteiger partial charge in [0.25, 0.3) is 5.91 Å². The topological polar surface area (TPSA) is 59.2 Å². The van der Waals surface area contributed by atoms with Gasteiger partial charge < -0.3 is 10.6 Å². The molecule has 1 aliphatic heterocycles. The lowest BCUT2D eigenvalue weighted by Gasteiger charge is -2.17. The van der Waals surface area contributed by atoms with Crippen LogP contribution in [0.4, 0.5) is 5.69 Å². The molecule has 1 aliphatic rings. The highest BCUT2D eigenvalue weighted by atomic mass is 16.2. The summed E-state index contributed by atoms with van der Waals surface area (Å²) in [6.07, 6.45) is 3.83. The maximum Gasteiger partial charge on any atom is 0.273 e. The zero-order valence-corrected chi connectivity index (χ0v) is 11.0. The number of anilines is 1. The van der Waals surface area contributed by atoms with E-state index in [0.717, 1.165) is 42.3 Å². The van der Waals surface area contributed by atoms with Crippen molar-refractivity contribution in [2.45, 2.75) is 19.8 Å². The molecule has 1 fully saturated rings. The second kappa shape index (κ2) is 4.53. The fourth-order valence-electron chi connectivity index (χ4n) is 2.72. The van der Waals surface area contributed by atoms with E-state index in [1.165, 1.54) is 0 Å². The van der Waals surface area contributed by atoms with Crippen LogP contribution < -0.4 is 5.73 Å². The van der Waals surface area contributed by atoms with Crippen LogP contribution >= 0.6 is 0 Å². The number of hydrogen-bond donors (Lipinski definition) is 1. The van der Waals surface area contributed by atoms with Crippen molar-refractivity contribution < 1.29 is 4.79 Å². The molecule has 2 N–H and O–H groups in total. The molecule has 19 heavy (non-hydrogen) atoms. The highest BCUT2D eigenvalue weighted by molar-refractivity contribution is 6.09. The maximum atomic E-state index is 12.5. The van der Waals surface area contributed by atoms with Gasteiger partial charge in [-0.1, -0.05) is 6.07 Å². The quantitative estimate of drug-likeness (QED) is 0.796. The Hall–Kier alpha value is -2.10. The van der Waals surface area contributed by atoms with Gasteiger partial charge in [-0.2, -0.15) is 0 Å². The number of nitrogen functional groups attached to an aromatic ring is 1. The first-order valence-electron chi connectivity index (χ1n) is 6.61. The molecule has 2 aromatic rings. The maximum absolute atomic E-state index is 12.5. The Morgan fingerprint density at radius 1 is 1.26 bits per heavy atom. The van der Waals surface area contributed by atoms with Crippen LogP contribution in [0.1, 0.15) is 28.9 Å². The third kappa shape index (κ3) is 1.93. The summed E-state index contributed by atoms with van der Waals surface area (Å²) in [6.45, 7) is 3.65. The number of carbonyl (C=O) groups is 1. The van der Waals surface area contributed by atoms with Gasteiger partial charge in [-0.05, 0) is 37.5 Å². The van der Waals surface area contributed by atoms with Crippen molar-refractivity contribution in [3.05, 3.63) is 35.7 Å². The third-order valence-electron chi connectivity index (χ3n) is 3.77. The highest BCUT2D eigenvalue weighted by Crippen LogP contribution is 2.27. The normalized spacial score (nSPS) is 15.1. The number of carbonyl (C=O) groups excluding carboxylic acids is 1. The van der Waals surface area contributed by atoms with Crippen LogP contribution in [0, 0.1) is 6.92 Å². The van der Waals surface area contributed by atoms with E-state index in [2.05, 4.69) is 4.98 Å². The van der Waals surface area contributed by atoms with E-state index in [0.29, 0.717) is 11.4 Å². The molecule has 3 rings (SSSR count). The van der Waals surface area contributed by atoms with E-state index in [9.17, 15) is 4.79 Å². The molecular formula is C15H17N3O. The van der Waals surface area contributed by atoms with Gasteiger partial charge in [0, 0.05) is 35.7 Å². The number of rotatable bonds is 1. The number of nitrogens with two attached hydrogens (primary N) is 1. The molecule has 0 radical (unpaired) electrons. The molecule has 1 saturated heterocycles. The van der Waals surface area contributed by atoms with Gasteiger partial charge in [0.1, 0.15) is 5.69 Å². The van der Waals surface area contributed by atoms with Crippen LogP contribution in [0.3, 0.4) is 0 Å². The van der Waals surface area contributed by atoms with E-state index < -0.39 is 0 Å². The zero-order valence-electron chi connectivity index (χ0n) is 11.0. The summed E-state index contributed by atoms with van der Waals surface area (Å²) in [7, 11) is 0. The number of nitrogens with zero attached hydrogens (tertiary/aromatic N) is 2. The second-order valence-corrected chi connectivity index (χ2v) is 5.05. The van der Waals surface area contributed by atoms with E-state index in [1.54, 1.807) is 6.20 Å². The van der Waals surface area contributed by atoms with Gasteiger partial charge in [-0.3, -0.25) is 9.78 Å². The van der Waals surface area contributed by atoms with Gasteiger partial charge in [0.2, 0.25) is 0 Å². The van der Waals surface area contributed by atoms with Crippen molar-refractivity contribution >= 4 is 22.4 Å². The lowest BCUT2D eigenvalue weighted by atomic mass is 10.0. The molecule has 4 nitrogen and oxygen atoms in total. The lowest BCUT2D eigenvalue weighted by molar-refractivity contribution is 0.0789. The van der Waals surface area contributed by atoms with Gasteiger partial charge in [0.05, 0.1) is 0 Å². The van der Waals surface area contributed by atoms with Gasteiger partial charge in [0.15, 0.2) is 0 Å². The monoisotopic (exact) mass is 255 g/mol. The number of aromatic nitrogens is 1. The van der Waals surface area contributed by atoms with Crippen LogP contribution in [-0.2, 0) is 0 Å². The molecular weight excluding hydrogens is 238 g/mol. The Kier molecular flexibility index (Phi) is 2.85.